The minimum Gasteiger partial charge on any atom is -0.348 e. The smallest absolute Gasteiger partial charge is 0.311 e. The summed E-state index contributed by atoms with van der Waals surface area (Å²) in [4.78, 5) is 16.4. The molecule has 1 aromatic heterocycles. The Morgan fingerprint density at radius 3 is 2.43 bits per heavy atom. The van der Waals surface area contributed by atoms with Crippen LogP contribution >= 0.6 is 0 Å². The van der Waals surface area contributed by atoms with Gasteiger partial charge in [0.15, 0.2) is 0 Å². The average molecular weight is 314 g/mol. The topological polar surface area (TPSA) is 96.7 Å². The second-order valence-corrected chi connectivity index (χ2v) is 7.57. The minimum absolute atomic E-state index is 0.0577. The van der Waals surface area contributed by atoms with Crippen molar-refractivity contribution in [3.05, 3.63) is 28.4 Å². The highest BCUT2D eigenvalue weighted by Gasteiger charge is 2.31. The van der Waals surface area contributed by atoms with E-state index in [-0.39, 0.29) is 5.69 Å². The monoisotopic (exact) mass is 314 g/mol. The Morgan fingerprint density at radius 2 is 1.90 bits per heavy atom. The van der Waals surface area contributed by atoms with Crippen molar-refractivity contribution in [1.82, 2.24) is 9.29 Å². The van der Waals surface area contributed by atoms with Crippen LogP contribution in [-0.4, -0.2) is 54.1 Å². The summed E-state index contributed by atoms with van der Waals surface area (Å²) in [6.07, 6.45) is 1.50. The van der Waals surface area contributed by atoms with Gasteiger partial charge in [-0.25, -0.2) is 13.4 Å². The Bertz CT molecular complexity index is 624. The van der Waals surface area contributed by atoms with E-state index in [9.17, 15) is 18.5 Å². The van der Waals surface area contributed by atoms with Crippen LogP contribution in [0.3, 0.4) is 0 Å². The van der Waals surface area contributed by atoms with Crippen LogP contribution in [0.1, 0.15) is 13.8 Å². The van der Waals surface area contributed by atoms with E-state index >= 15 is 0 Å². The molecule has 0 bridgehead atoms. The second kappa shape index (κ2) is 5.94. The van der Waals surface area contributed by atoms with Crippen molar-refractivity contribution in [2.45, 2.75) is 19.1 Å². The lowest BCUT2D eigenvalue weighted by Crippen LogP contribution is -2.50. The summed E-state index contributed by atoms with van der Waals surface area (Å²) in [7, 11) is -3.28. The van der Waals surface area contributed by atoms with E-state index in [1.54, 1.807) is 18.7 Å². The van der Waals surface area contributed by atoms with Gasteiger partial charge in [-0.2, -0.15) is 4.31 Å². The average Bonchev–Trinajstić information content (AvgIpc) is 2.47. The van der Waals surface area contributed by atoms with Crippen LogP contribution in [0.5, 0.6) is 0 Å². The number of sulfonamides is 1. The molecule has 1 aromatic rings. The molecule has 0 aromatic carbocycles. The van der Waals surface area contributed by atoms with Crippen LogP contribution in [0.15, 0.2) is 18.3 Å². The molecule has 1 saturated heterocycles. The molecule has 1 aliphatic heterocycles. The largest absolute Gasteiger partial charge is 0.348 e. The molecule has 8 nitrogen and oxygen atoms in total. The molecule has 0 aliphatic carbocycles. The number of hydrogen-bond donors (Lipinski definition) is 0. The zero-order valence-electron chi connectivity index (χ0n) is 12.0. The zero-order chi connectivity index (χ0) is 15.6. The first-order valence-corrected chi connectivity index (χ1v) is 8.17. The van der Waals surface area contributed by atoms with Crippen molar-refractivity contribution in [3.63, 3.8) is 0 Å². The Morgan fingerprint density at radius 1 is 1.29 bits per heavy atom. The van der Waals surface area contributed by atoms with Gasteiger partial charge in [0.25, 0.3) is 0 Å². The van der Waals surface area contributed by atoms with Crippen molar-refractivity contribution < 1.29 is 13.3 Å². The summed E-state index contributed by atoms with van der Waals surface area (Å²) < 4.78 is 25.6. The molecule has 9 heteroatoms. The highest BCUT2D eigenvalue weighted by molar-refractivity contribution is 7.89. The number of piperazine rings is 1. The maximum absolute atomic E-state index is 12.1. The van der Waals surface area contributed by atoms with E-state index in [4.69, 9.17) is 0 Å². The first-order valence-electron chi connectivity index (χ1n) is 6.67. The maximum atomic E-state index is 12.1. The SMILES string of the molecule is CC(C)S(=O)(=O)N1CCN(c2ncccc2[N+](=O)[O-])CC1. The lowest BCUT2D eigenvalue weighted by atomic mass is 10.3. The van der Waals surface area contributed by atoms with Crippen molar-refractivity contribution in [1.29, 1.82) is 0 Å². The molecule has 1 aliphatic rings. The molecular formula is C12H18N4O4S. The van der Waals surface area contributed by atoms with Gasteiger partial charge in [-0.1, -0.05) is 0 Å². The van der Waals surface area contributed by atoms with E-state index in [0.29, 0.717) is 32.0 Å². The van der Waals surface area contributed by atoms with E-state index in [2.05, 4.69) is 4.98 Å². The molecule has 0 radical (unpaired) electrons. The molecule has 0 atom stereocenters. The summed E-state index contributed by atoms with van der Waals surface area (Å²) in [5, 5.41) is 10.5. The zero-order valence-corrected chi connectivity index (χ0v) is 12.8. The molecule has 1 fully saturated rings. The van der Waals surface area contributed by atoms with Crippen LogP contribution in [-0.2, 0) is 10.0 Å². The van der Waals surface area contributed by atoms with Gasteiger partial charge in [0.1, 0.15) is 0 Å². The number of rotatable bonds is 4. The van der Waals surface area contributed by atoms with Gasteiger partial charge in [0.05, 0.1) is 10.2 Å². The van der Waals surface area contributed by atoms with Crippen molar-refractivity contribution >= 4 is 21.5 Å². The molecule has 0 unspecified atom stereocenters. The number of nitro groups is 1. The van der Waals surface area contributed by atoms with Crippen LogP contribution in [0.4, 0.5) is 11.5 Å². The Hall–Kier alpha value is -1.74. The quantitative estimate of drug-likeness (QED) is 0.604. The highest BCUT2D eigenvalue weighted by Crippen LogP contribution is 2.26. The van der Waals surface area contributed by atoms with Crippen molar-refractivity contribution in [3.8, 4) is 0 Å². The number of aromatic nitrogens is 1. The number of nitrogens with zero attached hydrogens (tertiary/aromatic N) is 4. The van der Waals surface area contributed by atoms with E-state index in [1.807, 2.05) is 0 Å². The fraction of sp³-hybridized carbons (Fsp3) is 0.583. The predicted octanol–water partition coefficient (Wildman–Crippen LogP) is 0.850. The molecule has 0 spiro atoms. The Kier molecular flexibility index (Phi) is 4.43. The maximum Gasteiger partial charge on any atom is 0.311 e. The number of anilines is 1. The predicted molar refractivity (Wildman–Crippen MR) is 78.7 cm³/mol. The van der Waals surface area contributed by atoms with Crippen molar-refractivity contribution in [2.75, 3.05) is 31.1 Å². The molecule has 0 saturated carbocycles. The first kappa shape index (κ1) is 15.6. The normalized spacial score (nSPS) is 17.2. The van der Waals surface area contributed by atoms with E-state index < -0.39 is 20.2 Å². The Labute approximate surface area is 123 Å². The van der Waals surface area contributed by atoms with Gasteiger partial charge in [-0.05, 0) is 19.9 Å². The molecule has 2 rings (SSSR count). The number of pyridine rings is 1. The molecule has 116 valence electrons. The molecular weight excluding hydrogens is 296 g/mol. The van der Waals surface area contributed by atoms with E-state index in [0.717, 1.165) is 0 Å². The minimum atomic E-state index is -3.28. The van der Waals surface area contributed by atoms with Gasteiger partial charge in [-0.15, -0.1) is 0 Å². The van der Waals surface area contributed by atoms with Crippen LogP contribution in [0.25, 0.3) is 0 Å². The summed E-state index contributed by atoms with van der Waals surface area (Å²) >= 11 is 0. The third kappa shape index (κ3) is 3.13. The fourth-order valence-electron chi connectivity index (χ4n) is 2.23. The van der Waals surface area contributed by atoms with Gasteiger partial charge in [0, 0.05) is 38.4 Å². The van der Waals surface area contributed by atoms with Crippen LogP contribution in [0, 0.1) is 10.1 Å². The highest BCUT2D eigenvalue weighted by atomic mass is 32.2. The lowest BCUT2D eigenvalue weighted by molar-refractivity contribution is -0.384. The summed E-state index contributed by atoms with van der Waals surface area (Å²) in [6.45, 7) is 4.70. The fourth-order valence-corrected chi connectivity index (χ4v) is 3.50. The molecule has 0 amide bonds. The van der Waals surface area contributed by atoms with Gasteiger partial charge in [0.2, 0.25) is 15.8 Å². The Balaban J connectivity index is 2.14. The molecule has 21 heavy (non-hydrogen) atoms. The van der Waals surface area contributed by atoms with Gasteiger partial charge >= 0.3 is 5.69 Å². The van der Waals surface area contributed by atoms with Gasteiger partial charge in [-0.3, -0.25) is 10.1 Å². The number of hydrogen-bond acceptors (Lipinski definition) is 6. The standard InChI is InChI=1S/C12H18N4O4S/c1-10(2)21(19,20)15-8-6-14(7-9-15)12-11(16(17)18)4-3-5-13-12/h3-5,10H,6-9H2,1-2H3. The van der Waals surface area contributed by atoms with Gasteiger partial charge < -0.3 is 4.90 Å². The van der Waals surface area contributed by atoms with E-state index in [1.165, 1.54) is 22.6 Å². The second-order valence-electron chi connectivity index (χ2n) is 5.08. The summed E-state index contributed by atoms with van der Waals surface area (Å²) in [5.41, 5.74) is -0.0577. The third-order valence-electron chi connectivity index (χ3n) is 3.46. The summed E-state index contributed by atoms with van der Waals surface area (Å²) in [6, 6.07) is 2.92. The van der Waals surface area contributed by atoms with Crippen LogP contribution < -0.4 is 4.90 Å². The van der Waals surface area contributed by atoms with Crippen LogP contribution in [0.2, 0.25) is 0 Å². The third-order valence-corrected chi connectivity index (χ3v) is 5.73. The lowest BCUT2D eigenvalue weighted by Gasteiger charge is -2.35. The molecule has 0 N–H and O–H groups in total. The first-order chi connectivity index (χ1) is 9.84. The van der Waals surface area contributed by atoms with Crippen molar-refractivity contribution in [2.24, 2.45) is 0 Å². The molecule has 2 heterocycles. The summed E-state index contributed by atoms with van der Waals surface area (Å²) in [5.74, 6) is 0.295.